The number of Topliss-reactive ketones (excluding diaryl/α,β-unsaturated/α-hetero) is 1. The van der Waals surface area contributed by atoms with Gasteiger partial charge in [-0.05, 0) is 18.6 Å². The summed E-state index contributed by atoms with van der Waals surface area (Å²) in [6, 6.07) is 10.1. The molecule has 0 aliphatic carbocycles. The molecular formula is C23H37ClO4. The quantitative estimate of drug-likeness (QED) is 0.187. The molecule has 4 nitrogen and oxygen atoms in total. The lowest BCUT2D eigenvalue weighted by atomic mass is 10.1. The Morgan fingerprint density at radius 3 is 1.68 bits per heavy atom. The average molecular weight is 413 g/mol. The fraction of sp³-hybridized carbons (Fsp3) is 0.652. The van der Waals surface area contributed by atoms with Crippen molar-refractivity contribution >= 4 is 23.4 Å². The molecule has 0 saturated carbocycles. The second-order valence-electron chi connectivity index (χ2n) is 6.91. The van der Waals surface area contributed by atoms with Crippen molar-refractivity contribution in [3.8, 4) is 5.75 Å². The van der Waals surface area contributed by atoms with E-state index in [-0.39, 0.29) is 0 Å². The van der Waals surface area contributed by atoms with Crippen molar-refractivity contribution in [3.63, 3.8) is 0 Å². The maximum absolute atomic E-state index is 9.78. The third kappa shape index (κ3) is 17.8. The molecule has 0 aliphatic heterocycles. The van der Waals surface area contributed by atoms with Gasteiger partial charge in [-0.15, -0.1) is 11.6 Å². The van der Waals surface area contributed by atoms with Gasteiger partial charge in [0, 0.05) is 0 Å². The van der Waals surface area contributed by atoms with E-state index in [2.05, 4.69) is 6.92 Å². The topological polar surface area (TPSA) is 63.6 Å². The van der Waals surface area contributed by atoms with Crippen LogP contribution in [0.4, 0.5) is 0 Å². The van der Waals surface area contributed by atoms with E-state index in [9.17, 15) is 9.59 Å². The van der Waals surface area contributed by atoms with Crippen molar-refractivity contribution in [1.29, 1.82) is 0 Å². The molecule has 0 unspecified atom stereocenters. The molecule has 0 heterocycles. The second-order valence-corrected chi connectivity index (χ2v) is 7.18. The summed E-state index contributed by atoms with van der Waals surface area (Å²) >= 11 is 4.82. The number of ketones is 1. The predicted octanol–water partition coefficient (Wildman–Crippen LogP) is 6.65. The Balaban J connectivity index is 0.000000887. The summed E-state index contributed by atoms with van der Waals surface area (Å²) in [6.45, 7) is 3.15. The zero-order chi connectivity index (χ0) is 20.9. The summed E-state index contributed by atoms with van der Waals surface area (Å²) in [6.07, 6.45) is 16.7. The molecule has 160 valence electrons. The zero-order valence-corrected chi connectivity index (χ0v) is 18.1. The van der Waals surface area contributed by atoms with Gasteiger partial charge in [0.15, 0.2) is 0 Å². The highest BCUT2D eigenvalue weighted by atomic mass is 35.5. The molecule has 1 rings (SSSR count). The van der Waals surface area contributed by atoms with E-state index in [1.54, 1.807) is 0 Å². The van der Waals surface area contributed by atoms with Crippen molar-refractivity contribution in [2.45, 2.75) is 84.0 Å². The lowest BCUT2D eigenvalue weighted by Gasteiger charge is -2.05. The highest BCUT2D eigenvalue weighted by Crippen LogP contribution is 2.13. The highest BCUT2D eigenvalue weighted by molar-refractivity contribution is 6.44. The lowest BCUT2D eigenvalue weighted by molar-refractivity contribution is -0.147. The van der Waals surface area contributed by atoms with Gasteiger partial charge in [0.05, 0.1) is 12.5 Å². The van der Waals surface area contributed by atoms with Gasteiger partial charge < -0.3 is 9.84 Å². The van der Waals surface area contributed by atoms with Crippen LogP contribution in [0.3, 0.4) is 0 Å². The van der Waals surface area contributed by atoms with Crippen LogP contribution in [-0.2, 0) is 9.59 Å². The number of benzene rings is 1. The molecule has 0 amide bonds. The molecule has 1 aromatic carbocycles. The number of hydrogen-bond acceptors (Lipinski definition) is 3. The van der Waals surface area contributed by atoms with Gasteiger partial charge in [0.2, 0.25) is 0 Å². The number of carboxylic acids is 1. The molecule has 0 saturated heterocycles. The number of halogens is 1. The third-order valence-corrected chi connectivity index (χ3v) is 4.61. The molecule has 0 fully saturated rings. The van der Waals surface area contributed by atoms with Gasteiger partial charge in [0.1, 0.15) is 5.75 Å². The Hall–Kier alpha value is -1.55. The number of rotatable bonds is 16. The van der Waals surface area contributed by atoms with Crippen LogP contribution in [-0.4, -0.2) is 29.3 Å². The van der Waals surface area contributed by atoms with Crippen molar-refractivity contribution in [1.82, 2.24) is 0 Å². The molecular weight excluding hydrogens is 376 g/mol. The number of para-hydroxylation sites is 1. The number of unbranched alkanes of at least 4 members (excludes halogenated alkanes) is 11. The molecule has 5 heteroatoms. The summed E-state index contributed by atoms with van der Waals surface area (Å²) in [7, 11) is 0. The van der Waals surface area contributed by atoms with Gasteiger partial charge in [-0.3, -0.25) is 4.79 Å². The fourth-order valence-corrected chi connectivity index (χ4v) is 2.82. The Morgan fingerprint density at radius 1 is 0.821 bits per heavy atom. The van der Waals surface area contributed by atoms with Crippen LogP contribution < -0.4 is 4.74 Å². The standard InChI is InChI=1S/C20H34O.C3H3ClO3/c1-2-3-4-5-6-7-8-9-10-11-12-16-19-21-20-17-14-13-15-18-20;4-1-2(5)3(6)7/h13-15,17-18H,2-12,16,19H2,1H3;1H2,(H,6,7). The Kier molecular flexibility index (Phi) is 19.1. The van der Waals surface area contributed by atoms with E-state index in [0.29, 0.717) is 0 Å². The molecule has 0 atom stereocenters. The van der Waals surface area contributed by atoms with Crippen LogP contribution in [0.1, 0.15) is 84.0 Å². The van der Waals surface area contributed by atoms with Crippen LogP contribution in [0, 0.1) is 0 Å². The average Bonchev–Trinajstić information content (AvgIpc) is 2.72. The molecule has 0 radical (unpaired) electrons. The van der Waals surface area contributed by atoms with Crippen LogP contribution in [0.25, 0.3) is 0 Å². The van der Waals surface area contributed by atoms with E-state index in [4.69, 9.17) is 21.4 Å². The largest absolute Gasteiger partial charge is 0.494 e. The first-order valence-corrected chi connectivity index (χ1v) is 11.1. The summed E-state index contributed by atoms with van der Waals surface area (Å²) in [5, 5.41) is 7.75. The van der Waals surface area contributed by atoms with E-state index < -0.39 is 17.6 Å². The van der Waals surface area contributed by atoms with Gasteiger partial charge in [-0.2, -0.15) is 0 Å². The first kappa shape index (κ1) is 26.4. The van der Waals surface area contributed by atoms with Crippen molar-refractivity contribution in [2.24, 2.45) is 0 Å². The third-order valence-electron chi connectivity index (χ3n) is 4.37. The molecule has 0 spiro atoms. The number of ether oxygens (including phenoxy) is 1. The van der Waals surface area contributed by atoms with E-state index in [0.717, 1.165) is 12.4 Å². The van der Waals surface area contributed by atoms with E-state index in [1.165, 1.54) is 77.0 Å². The second kappa shape index (κ2) is 20.2. The van der Waals surface area contributed by atoms with Gasteiger partial charge in [-0.1, -0.05) is 95.8 Å². The Labute approximate surface area is 175 Å². The predicted molar refractivity (Wildman–Crippen MR) is 116 cm³/mol. The minimum absolute atomic E-state index is 0.449. The van der Waals surface area contributed by atoms with E-state index in [1.807, 2.05) is 30.3 Å². The van der Waals surface area contributed by atoms with Crippen LogP contribution in [0.2, 0.25) is 0 Å². The number of carbonyl (C=O) groups excluding carboxylic acids is 1. The van der Waals surface area contributed by atoms with Gasteiger partial charge in [-0.25, -0.2) is 4.79 Å². The maximum atomic E-state index is 9.78. The smallest absolute Gasteiger partial charge is 0.373 e. The number of alkyl halides is 1. The summed E-state index contributed by atoms with van der Waals surface area (Å²) in [4.78, 5) is 19.3. The number of carboxylic acid groups (broad SMARTS) is 1. The van der Waals surface area contributed by atoms with E-state index >= 15 is 0 Å². The normalized spacial score (nSPS) is 10.1. The summed E-state index contributed by atoms with van der Waals surface area (Å²) < 4.78 is 5.70. The molecule has 0 aliphatic rings. The molecule has 0 aromatic heterocycles. The maximum Gasteiger partial charge on any atom is 0.373 e. The molecule has 1 N–H and O–H groups in total. The van der Waals surface area contributed by atoms with Gasteiger partial charge in [0.25, 0.3) is 5.78 Å². The number of carbonyl (C=O) groups is 2. The zero-order valence-electron chi connectivity index (χ0n) is 17.3. The highest BCUT2D eigenvalue weighted by Gasteiger charge is 2.06. The van der Waals surface area contributed by atoms with Crippen LogP contribution >= 0.6 is 11.6 Å². The first-order valence-electron chi connectivity index (χ1n) is 10.6. The van der Waals surface area contributed by atoms with Crippen molar-refractivity contribution < 1.29 is 19.4 Å². The van der Waals surface area contributed by atoms with Gasteiger partial charge >= 0.3 is 5.97 Å². The molecule has 0 bridgehead atoms. The van der Waals surface area contributed by atoms with Crippen LogP contribution in [0.5, 0.6) is 5.75 Å². The first-order chi connectivity index (χ1) is 13.6. The summed E-state index contributed by atoms with van der Waals surface area (Å²) in [5.41, 5.74) is 0. The number of aliphatic carboxylic acids is 1. The fourth-order valence-electron chi connectivity index (χ4n) is 2.71. The molecule has 28 heavy (non-hydrogen) atoms. The Bertz CT molecular complexity index is 491. The minimum atomic E-state index is -1.48. The Morgan fingerprint density at radius 2 is 1.29 bits per heavy atom. The van der Waals surface area contributed by atoms with Crippen molar-refractivity contribution in [2.75, 3.05) is 12.5 Å². The SMILES string of the molecule is CCCCCCCCCCCCCCOc1ccccc1.O=C(O)C(=O)CCl. The van der Waals surface area contributed by atoms with Crippen molar-refractivity contribution in [3.05, 3.63) is 30.3 Å². The van der Waals surface area contributed by atoms with Crippen LogP contribution in [0.15, 0.2) is 30.3 Å². The molecule has 1 aromatic rings. The summed E-state index contributed by atoms with van der Waals surface area (Å²) in [5.74, 6) is -1.90. The monoisotopic (exact) mass is 412 g/mol. The number of hydrogen-bond donors (Lipinski definition) is 1. The minimum Gasteiger partial charge on any atom is -0.494 e. The lowest BCUT2D eigenvalue weighted by Crippen LogP contribution is -2.12.